The van der Waals surface area contributed by atoms with Gasteiger partial charge in [-0.15, -0.1) is 0 Å². The molecule has 0 fully saturated rings. The molecule has 0 heterocycles. The average molecular weight is 425 g/mol. The summed E-state index contributed by atoms with van der Waals surface area (Å²) in [4.78, 5) is 12.8. The number of rotatable bonds is 7. The van der Waals surface area contributed by atoms with E-state index >= 15 is 0 Å². The third-order valence-corrected chi connectivity index (χ3v) is 6.27. The second kappa shape index (κ2) is 9.00. The van der Waals surface area contributed by atoms with Crippen LogP contribution in [0, 0.1) is 13.8 Å². The van der Waals surface area contributed by atoms with E-state index in [0.717, 1.165) is 15.4 Å². The Morgan fingerprint density at radius 1 is 0.933 bits per heavy atom. The summed E-state index contributed by atoms with van der Waals surface area (Å²) in [5.41, 5.74) is 3.06. The number of nitrogens with zero attached hydrogens (tertiary/aromatic N) is 1. The minimum atomic E-state index is -3.97. The quantitative estimate of drug-likeness (QED) is 0.618. The Morgan fingerprint density at radius 3 is 2.10 bits per heavy atom. The lowest BCUT2D eigenvalue weighted by molar-refractivity contribution is -0.114. The molecule has 3 aromatic rings. The van der Waals surface area contributed by atoms with Gasteiger partial charge in [-0.25, -0.2) is 8.42 Å². The summed E-state index contributed by atoms with van der Waals surface area (Å²) in [7, 11) is -2.45. The van der Waals surface area contributed by atoms with Crippen LogP contribution in [0.15, 0.2) is 77.7 Å². The molecular formula is C23H24N2O4S. The molecule has 0 saturated carbocycles. The molecule has 3 aromatic carbocycles. The number of hydrogen-bond donors (Lipinski definition) is 1. The Hall–Kier alpha value is -3.32. The molecule has 0 spiro atoms. The van der Waals surface area contributed by atoms with E-state index in [1.165, 1.54) is 19.2 Å². The Morgan fingerprint density at radius 2 is 1.53 bits per heavy atom. The molecule has 0 aliphatic rings. The van der Waals surface area contributed by atoms with Crippen LogP contribution in [-0.4, -0.2) is 28.0 Å². The van der Waals surface area contributed by atoms with E-state index in [1.807, 2.05) is 32.0 Å². The predicted molar refractivity (Wildman–Crippen MR) is 119 cm³/mol. The van der Waals surface area contributed by atoms with Gasteiger partial charge in [0.05, 0.1) is 17.7 Å². The molecule has 1 amide bonds. The zero-order valence-electron chi connectivity index (χ0n) is 17.1. The average Bonchev–Trinajstić information content (AvgIpc) is 2.72. The Bertz CT molecular complexity index is 1110. The van der Waals surface area contributed by atoms with Gasteiger partial charge in [0.15, 0.2) is 0 Å². The summed E-state index contributed by atoms with van der Waals surface area (Å²) in [6, 6.07) is 20.3. The van der Waals surface area contributed by atoms with Crippen molar-refractivity contribution in [1.29, 1.82) is 0 Å². The van der Waals surface area contributed by atoms with Gasteiger partial charge >= 0.3 is 0 Å². The first kappa shape index (κ1) is 21.4. The van der Waals surface area contributed by atoms with Crippen LogP contribution in [0.1, 0.15) is 11.1 Å². The van der Waals surface area contributed by atoms with Gasteiger partial charge in [0.25, 0.3) is 10.0 Å². The van der Waals surface area contributed by atoms with Gasteiger partial charge in [0.1, 0.15) is 12.3 Å². The second-order valence-corrected chi connectivity index (χ2v) is 8.81. The van der Waals surface area contributed by atoms with E-state index in [9.17, 15) is 13.2 Å². The van der Waals surface area contributed by atoms with Crippen LogP contribution in [0.4, 0.5) is 11.4 Å². The number of sulfonamides is 1. The third-order valence-electron chi connectivity index (χ3n) is 4.48. The standard InChI is InChI=1S/C23H24N2O4S/c1-17-13-18(2)15-19(14-17)24-23(26)16-25(20-7-5-4-6-8-20)30(27,28)22-11-9-21(29-3)10-12-22/h4-15H,16H2,1-3H3,(H,24,26). The van der Waals surface area contributed by atoms with Crippen molar-refractivity contribution in [1.82, 2.24) is 0 Å². The predicted octanol–water partition coefficient (Wildman–Crippen LogP) is 4.15. The van der Waals surface area contributed by atoms with Crippen LogP contribution in [0.25, 0.3) is 0 Å². The first-order chi connectivity index (χ1) is 14.3. The van der Waals surface area contributed by atoms with Crippen LogP contribution in [-0.2, 0) is 14.8 Å². The molecule has 0 bridgehead atoms. The number of ether oxygens (including phenoxy) is 1. The zero-order chi connectivity index (χ0) is 21.7. The van der Waals surface area contributed by atoms with E-state index in [1.54, 1.807) is 42.5 Å². The van der Waals surface area contributed by atoms with E-state index < -0.39 is 15.9 Å². The van der Waals surface area contributed by atoms with E-state index in [2.05, 4.69) is 5.32 Å². The lowest BCUT2D eigenvalue weighted by Gasteiger charge is -2.24. The monoisotopic (exact) mass is 424 g/mol. The maximum atomic E-state index is 13.3. The fraction of sp³-hybridized carbons (Fsp3) is 0.174. The normalized spacial score (nSPS) is 11.0. The number of hydrogen-bond acceptors (Lipinski definition) is 4. The highest BCUT2D eigenvalue weighted by atomic mass is 32.2. The first-order valence-electron chi connectivity index (χ1n) is 9.39. The summed E-state index contributed by atoms with van der Waals surface area (Å²) in [6.45, 7) is 3.52. The number of aryl methyl sites for hydroxylation is 2. The van der Waals surface area contributed by atoms with Crippen molar-refractivity contribution in [2.45, 2.75) is 18.7 Å². The van der Waals surface area contributed by atoms with Crippen LogP contribution >= 0.6 is 0 Å². The van der Waals surface area contributed by atoms with Crippen LogP contribution in [0.3, 0.4) is 0 Å². The minimum absolute atomic E-state index is 0.0753. The van der Waals surface area contributed by atoms with Crippen molar-refractivity contribution < 1.29 is 17.9 Å². The van der Waals surface area contributed by atoms with Gasteiger partial charge in [-0.1, -0.05) is 24.3 Å². The van der Waals surface area contributed by atoms with E-state index in [4.69, 9.17) is 4.74 Å². The molecule has 7 heteroatoms. The Labute approximate surface area is 177 Å². The molecule has 0 aliphatic carbocycles. The Kier molecular flexibility index (Phi) is 6.42. The maximum Gasteiger partial charge on any atom is 0.264 e. The van der Waals surface area contributed by atoms with Gasteiger partial charge in [0.2, 0.25) is 5.91 Å². The van der Waals surface area contributed by atoms with Crippen LogP contribution in [0.2, 0.25) is 0 Å². The lowest BCUT2D eigenvalue weighted by Crippen LogP contribution is -2.38. The zero-order valence-corrected chi connectivity index (χ0v) is 17.9. The smallest absolute Gasteiger partial charge is 0.264 e. The van der Waals surface area contributed by atoms with E-state index in [-0.39, 0.29) is 11.4 Å². The SMILES string of the molecule is COc1ccc(S(=O)(=O)N(CC(=O)Nc2cc(C)cc(C)c2)c2ccccc2)cc1. The van der Waals surface area contributed by atoms with Gasteiger partial charge in [-0.2, -0.15) is 0 Å². The van der Waals surface area contributed by atoms with Gasteiger partial charge < -0.3 is 10.1 Å². The number of nitrogens with one attached hydrogen (secondary N) is 1. The molecule has 0 saturated heterocycles. The second-order valence-electron chi connectivity index (χ2n) is 6.95. The van der Waals surface area contributed by atoms with Gasteiger partial charge in [0, 0.05) is 5.69 Å². The van der Waals surface area contributed by atoms with Crippen molar-refractivity contribution in [3.05, 3.63) is 83.9 Å². The molecule has 0 radical (unpaired) electrons. The van der Waals surface area contributed by atoms with Crippen molar-refractivity contribution >= 4 is 27.3 Å². The molecule has 3 rings (SSSR count). The molecule has 1 N–H and O–H groups in total. The largest absolute Gasteiger partial charge is 0.497 e. The van der Waals surface area contributed by atoms with Gasteiger partial charge in [-0.3, -0.25) is 9.10 Å². The minimum Gasteiger partial charge on any atom is -0.497 e. The molecule has 0 unspecified atom stereocenters. The van der Waals surface area contributed by atoms with Gasteiger partial charge in [-0.05, 0) is 73.5 Å². The van der Waals surface area contributed by atoms with Crippen molar-refractivity contribution in [2.75, 3.05) is 23.3 Å². The highest BCUT2D eigenvalue weighted by Crippen LogP contribution is 2.25. The molecule has 30 heavy (non-hydrogen) atoms. The summed E-state index contributed by atoms with van der Waals surface area (Å²) in [5.74, 6) is 0.119. The molecule has 156 valence electrons. The summed E-state index contributed by atoms with van der Waals surface area (Å²) in [5, 5.41) is 2.80. The topological polar surface area (TPSA) is 75.7 Å². The summed E-state index contributed by atoms with van der Waals surface area (Å²) in [6.07, 6.45) is 0. The number of anilines is 2. The fourth-order valence-corrected chi connectivity index (χ4v) is 4.58. The number of methoxy groups -OCH3 is 1. The van der Waals surface area contributed by atoms with Crippen LogP contribution < -0.4 is 14.4 Å². The molecule has 6 nitrogen and oxygen atoms in total. The maximum absolute atomic E-state index is 13.3. The summed E-state index contributed by atoms with van der Waals surface area (Å²) >= 11 is 0. The van der Waals surface area contributed by atoms with Crippen molar-refractivity contribution in [3.63, 3.8) is 0 Å². The molecule has 0 atom stereocenters. The lowest BCUT2D eigenvalue weighted by atomic mass is 10.1. The van der Waals surface area contributed by atoms with Crippen molar-refractivity contribution in [2.24, 2.45) is 0 Å². The Balaban J connectivity index is 1.91. The molecule has 0 aromatic heterocycles. The number of carbonyl (C=O) groups excluding carboxylic acids is 1. The number of para-hydroxylation sites is 1. The summed E-state index contributed by atoms with van der Waals surface area (Å²) < 4.78 is 32.9. The van der Waals surface area contributed by atoms with Crippen LogP contribution in [0.5, 0.6) is 5.75 Å². The number of benzene rings is 3. The fourth-order valence-electron chi connectivity index (χ4n) is 3.16. The number of amides is 1. The number of carbonyl (C=O) groups is 1. The first-order valence-corrected chi connectivity index (χ1v) is 10.8. The highest BCUT2D eigenvalue weighted by molar-refractivity contribution is 7.92. The molecular weight excluding hydrogens is 400 g/mol. The molecule has 0 aliphatic heterocycles. The van der Waals surface area contributed by atoms with E-state index in [0.29, 0.717) is 17.1 Å². The highest BCUT2D eigenvalue weighted by Gasteiger charge is 2.27. The van der Waals surface area contributed by atoms with Crippen molar-refractivity contribution in [3.8, 4) is 5.75 Å². The third kappa shape index (κ3) is 4.99.